The molecular formula is C5H6F4. The monoisotopic (exact) mass is 142 g/mol. The van der Waals surface area contributed by atoms with E-state index < -0.39 is 18.8 Å². The van der Waals surface area contributed by atoms with Crippen molar-refractivity contribution in [2.45, 2.75) is 18.8 Å². The quantitative estimate of drug-likeness (QED) is 0.419. The molecule has 0 aliphatic heterocycles. The molecule has 0 radical (unpaired) electrons. The summed E-state index contributed by atoms with van der Waals surface area (Å²) in [5.41, 5.74) is 0. The summed E-state index contributed by atoms with van der Waals surface area (Å²) < 4.78 is 45.9. The summed E-state index contributed by atoms with van der Waals surface area (Å²) >= 11 is 0. The van der Waals surface area contributed by atoms with Gasteiger partial charge in [-0.1, -0.05) is 6.08 Å². The summed E-state index contributed by atoms with van der Waals surface area (Å²) in [7, 11) is 0. The third-order valence-electron chi connectivity index (χ3n) is 0.736. The van der Waals surface area contributed by atoms with Crippen LogP contribution in [0.4, 0.5) is 17.6 Å². The number of rotatable bonds is 3. The van der Waals surface area contributed by atoms with Gasteiger partial charge in [0, 0.05) is 6.42 Å². The van der Waals surface area contributed by atoms with Gasteiger partial charge in [-0.25, -0.2) is 8.78 Å². The molecule has 9 heavy (non-hydrogen) atoms. The Morgan fingerprint density at radius 3 is 2.00 bits per heavy atom. The largest absolute Gasteiger partial charge is 0.310 e. The molecule has 0 aromatic heterocycles. The maximum absolute atomic E-state index is 11.7. The Hall–Kier alpha value is -0.540. The van der Waals surface area contributed by atoms with Gasteiger partial charge in [0.1, 0.15) is 0 Å². The normalized spacial score (nSPS) is 12.1. The van der Waals surface area contributed by atoms with Crippen molar-refractivity contribution >= 4 is 0 Å². The molecule has 4 heteroatoms. The van der Waals surface area contributed by atoms with Crippen molar-refractivity contribution < 1.29 is 17.6 Å². The molecule has 0 atom stereocenters. The molecule has 0 aliphatic carbocycles. The minimum Gasteiger partial charge on any atom is -0.204 e. The fourth-order valence-corrected chi connectivity index (χ4v) is 0.282. The van der Waals surface area contributed by atoms with E-state index in [0.29, 0.717) is 0 Å². The van der Waals surface area contributed by atoms with Crippen LogP contribution in [0.3, 0.4) is 0 Å². The lowest BCUT2D eigenvalue weighted by Crippen LogP contribution is -2.25. The first-order chi connectivity index (χ1) is 4.00. The lowest BCUT2D eigenvalue weighted by Gasteiger charge is -2.11. The van der Waals surface area contributed by atoms with Crippen LogP contribution in [0.25, 0.3) is 0 Å². The van der Waals surface area contributed by atoms with Crippen molar-refractivity contribution in [3.8, 4) is 0 Å². The zero-order valence-corrected chi connectivity index (χ0v) is 4.58. The zero-order chi connectivity index (χ0) is 7.49. The minimum atomic E-state index is -3.90. The Morgan fingerprint density at radius 1 is 1.44 bits per heavy atom. The van der Waals surface area contributed by atoms with Crippen LogP contribution in [0.15, 0.2) is 12.7 Å². The average molecular weight is 142 g/mol. The zero-order valence-electron chi connectivity index (χ0n) is 4.58. The Labute approximate surface area is 50.2 Å². The lowest BCUT2D eigenvalue weighted by molar-refractivity contribution is -0.125. The molecule has 0 saturated heterocycles. The van der Waals surface area contributed by atoms with Crippen LogP contribution >= 0.6 is 0 Å². The lowest BCUT2D eigenvalue weighted by atomic mass is 10.2. The summed E-state index contributed by atoms with van der Waals surface area (Å²) in [6.07, 6.45) is -3.79. The van der Waals surface area contributed by atoms with E-state index in [2.05, 4.69) is 6.58 Å². The Morgan fingerprint density at radius 2 is 1.89 bits per heavy atom. The maximum Gasteiger partial charge on any atom is 0.310 e. The van der Waals surface area contributed by atoms with Gasteiger partial charge < -0.3 is 0 Å². The topological polar surface area (TPSA) is 0 Å². The molecule has 0 amide bonds. The molecule has 0 aliphatic rings. The highest BCUT2D eigenvalue weighted by Crippen LogP contribution is 2.26. The van der Waals surface area contributed by atoms with Gasteiger partial charge in [0.2, 0.25) is 0 Å². The first kappa shape index (κ1) is 8.46. The van der Waals surface area contributed by atoms with Gasteiger partial charge >= 0.3 is 12.3 Å². The van der Waals surface area contributed by atoms with Crippen molar-refractivity contribution in [2.24, 2.45) is 0 Å². The van der Waals surface area contributed by atoms with Crippen LogP contribution in [0, 0.1) is 0 Å². The second kappa shape index (κ2) is 2.85. The molecule has 0 bridgehead atoms. The van der Waals surface area contributed by atoms with E-state index in [4.69, 9.17) is 0 Å². The van der Waals surface area contributed by atoms with Gasteiger partial charge in [0.15, 0.2) is 0 Å². The molecule has 0 rings (SSSR count). The number of hydrogen-bond acceptors (Lipinski definition) is 0. The number of hydrogen-bond donors (Lipinski definition) is 0. The average Bonchev–Trinajstić information content (AvgIpc) is 1.65. The van der Waals surface area contributed by atoms with Crippen LogP contribution in [0.2, 0.25) is 0 Å². The highest BCUT2D eigenvalue weighted by Gasteiger charge is 2.38. The molecule has 0 unspecified atom stereocenters. The van der Waals surface area contributed by atoms with Gasteiger partial charge in [-0.2, -0.15) is 8.78 Å². The highest BCUT2D eigenvalue weighted by atomic mass is 19.3. The molecule has 0 aromatic rings. The van der Waals surface area contributed by atoms with E-state index in [-0.39, 0.29) is 0 Å². The van der Waals surface area contributed by atoms with Crippen molar-refractivity contribution in [1.29, 1.82) is 0 Å². The minimum absolute atomic E-state index is 0.770. The summed E-state index contributed by atoms with van der Waals surface area (Å²) in [5, 5.41) is 0. The van der Waals surface area contributed by atoms with E-state index in [1.54, 1.807) is 0 Å². The van der Waals surface area contributed by atoms with Gasteiger partial charge in [-0.15, -0.1) is 6.58 Å². The maximum atomic E-state index is 11.7. The molecule has 54 valence electrons. The van der Waals surface area contributed by atoms with Crippen molar-refractivity contribution in [2.75, 3.05) is 0 Å². The highest BCUT2D eigenvalue weighted by molar-refractivity contribution is 4.80. The van der Waals surface area contributed by atoms with Crippen LogP contribution < -0.4 is 0 Å². The summed E-state index contributed by atoms with van der Waals surface area (Å²) in [6.45, 7) is 2.91. The fourth-order valence-electron chi connectivity index (χ4n) is 0.282. The Balaban J connectivity index is 3.84. The molecule has 0 nitrogen and oxygen atoms in total. The van der Waals surface area contributed by atoms with Gasteiger partial charge in [0.05, 0.1) is 0 Å². The van der Waals surface area contributed by atoms with E-state index >= 15 is 0 Å². The Kier molecular flexibility index (Phi) is 2.67. The molecule has 0 N–H and O–H groups in total. The second-order valence-electron chi connectivity index (χ2n) is 1.55. The fraction of sp³-hybridized carbons (Fsp3) is 0.600. The molecule has 0 saturated carbocycles. The van der Waals surface area contributed by atoms with E-state index in [9.17, 15) is 17.6 Å². The van der Waals surface area contributed by atoms with Crippen molar-refractivity contribution in [3.63, 3.8) is 0 Å². The molecule has 0 heterocycles. The van der Waals surface area contributed by atoms with Crippen LogP contribution in [0.1, 0.15) is 6.42 Å². The first-order valence-electron chi connectivity index (χ1n) is 2.27. The summed E-state index contributed by atoms with van der Waals surface area (Å²) in [5.74, 6) is -3.90. The summed E-state index contributed by atoms with van der Waals surface area (Å²) in [4.78, 5) is 0. The SMILES string of the molecule is C=CCC(F)(F)C(F)F. The number of halogens is 4. The van der Waals surface area contributed by atoms with E-state index in [1.807, 2.05) is 0 Å². The van der Waals surface area contributed by atoms with E-state index in [1.165, 1.54) is 0 Å². The molecule has 0 fully saturated rings. The smallest absolute Gasteiger partial charge is 0.204 e. The predicted molar refractivity (Wildman–Crippen MR) is 25.8 cm³/mol. The van der Waals surface area contributed by atoms with Crippen LogP contribution in [-0.4, -0.2) is 12.3 Å². The van der Waals surface area contributed by atoms with Gasteiger partial charge in [-0.3, -0.25) is 0 Å². The number of alkyl halides is 4. The molecule has 0 aromatic carbocycles. The third kappa shape index (κ3) is 2.49. The van der Waals surface area contributed by atoms with Crippen LogP contribution in [-0.2, 0) is 0 Å². The molecular weight excluding hydrogens is 136 g/mol. The second-order valence-corrected chi connectivity index (χ2v) is 1.55. The summed E-state index contributed by atoms with van der Waals surface area (Å²) in [6, 6.07) is 0. The molecule has 0 spiro atoms. The van der Waals surface area contributed by atoms with Gasteiger partial charge in [-0.05, 0) is 0 Å². The van der Waals surface area contributed by atoms with Crippen molar-refractivity contribution in [1.82, 2.24) is 0 Å². The van der Waals surface area contributed by atoms with Gasteiger partial charge in [0.25, 0.3) is 0 Å². The first-order valence-corrected chi connectivity index (χ1v) is 2.27. The Bertz CT molecular complexity index is 97.1. The standard InChI is InChI=1S/C5H6F4/c1-2-3-5(8,9)4(6)7/h2,4H,1,3H2. The predicted octanol–water partition coefficient (Wildman–Crippen LogP) is 2.46. The van der Waals surface area contributed by atoms with Crippen LogP contribution in [0.5, 0.6) is 0 Å². The number of allylic oxidation sites excluding steroid dienone is 1. The van der Waals surface area contributed by atoms with E-state index in [0.717, 1.165) is 6.08 Å². The third-order valence-corrected chi connectivity index (χ3v) is 0.736. The van der Waals surface area contributed by atoms with Crippen molar-refractivity contribution in [3.05, 3.63) is 12.7 Å².